The zero-order valence-corrected chi connectivity index (χ0v) is 17.0. The summed E-state index contributed by atoms with van der Waals surface area (Å²) in [5.74, 6) is -0.674. The van der Waals surface area contributed by atoms with Crippen molar-refractivity contribution in [3.05, 3.63) is 50.9 Å². The van der Waals surface area contributed by atoms with Gasteiger partial charge in [0, 0.05) is 16.0 Å². The van der Waals surface area contributed by atoms with Gasteiger partial charge in [-0.1, -0.05) is 35.1 Å². The smallest absolute Gasteiger partial charge is 0.350 e. The monoisotopic (exact) mass is 421 g/mol. The Morgan fingerprint density at radius 2 is 1.96 bits per heavy atom. The van der Waals surface area contributed by atoms with Crippen LogP contribution in [0.1, 0.15) is 28.0 Å². The Balaban J connectivity index is 1.64. The molecule has 9 heteroatoms. The second kappa shape index (κ2) is 8.60. The van der Waals surface area contributed by atoms with Gasteiger partial charge in [0.2, 0.25) is 5.91 Å². The number of thiazole rings is 2. The van der Waals surface area contributed by atoms with E-state index in [-0.39, 0.29) is 18.9 Å². The van der Waals surface area contributed by atoms with Gasteiger partial charge in [0.05, 0.1) is 24.4 Å². The first kappa shape index (κ1) is 19.5. The largest absolute Gasteiger partial charge is 0.462 e. The third-order valence-electron chi connectivity index (χ3n) is 3.49. The molecule has 0 atom stereocenters. The first-order valence-corrected chi connectivity index (χ1v) is 10.2. The number of anilines is 1. The van der Waals surface area contributed by atoms with Gasteiger partial charge in [-0.05, 0) is 26.0 Å². The van der Waals surface area contributed by atoms with Crippen LogP contribution in [0.5, 0.6) is 0 Å². The quantitative estimate of drug-likeness (QED) is 0.589. The molecule has 0 fully saturated rings. The van der Waals surface area contributed by atoms with Crippen molar-refractivity contribution in [1.82, 2.24) is 9.97 Å². The summed E-state index contributed by atoms with van der Waals surface area (Å²) in [4.78, 5) is 33.2. The van der Waals surface area contributed by atoms with Crippen molar-refractivity contribution in [2.75, 3.05) is 11.9 Å². The molecule has 0 radical (unpaired) electrons. The van der Waals surface area contributed by atoms with Crippen LogP contribution in [0.15, 0.2) is 29.6 Å². The lowest BCUT2D eigenvalue weighted by molar-refractivity contribution is -0.115. The fourth-order valence-electron chi connectivity index (χ4n) is 2.28. The Morgan fingerprint density at radius 1 is 1.22 bits per heavy atom. The predicted octanol–water partition coefficient (Wildman–Crippen LogP) is 4.59. The molecule has 27 heavy (non-hydrogen) atoms. The highest BCUT2D eigenvalue weighted by Gasteiger charge is 2.18. The number of hydrogen-bond donors (Lipinski definition) is 1. The molecule has 0 aliphatic heterocycles. The van der Waals surface area contributed by atoms with E-state index in [9.17, 15) is 9.59 Å². The standard InChI is InChI=1S/C18H16ClN3O3S2/c1-3-25-17(24)15-10(2)20-18(27-15)22-14(23)8-13-9-26-16(21-13)11-4-6-12(19)7-5-11/h4-7,9H,3,8H2,1-2H3,(H,20,22,23). The number of ether oxygens (including phenoxy) is 1. The van der Waals surface area contributed by atoms with Crippen molar-refractivity contribution in [3.8, 4) is 10.6 Å². The van der Waals surface area contributed by atoms with Crippen molar-refractivity contribution in [3.63, 3.8) is 0 Å². The van der Waals surface area contributed by atoms with Crippen molar-refractivity contribution in [2.45, 2.75) is 20.3 Å². The molecule has 3 aromatic rings. The summed E-state index contributed by atoms with van der Waals surface area (Å²) < 4.78 is 4.98. The van der Waals surface area contributed by atoms with Gasteiger partial charge in [0.15, 0.2) is 5.13 Å². The lowest BCUT2D eigenvalue weighted by Gasteiger charge is -1.99. The zero-order chi connectivity index (χ0) is 19.4. The van der Waals surface area contributed by atoms with Gasteiger partial charge in [0.1, 0.15) is 9.88 Å². The number of nitrogens with one attached hydrogen (secondary N) is 1. The van der Waals surface area contributed by atoms with Gasteiger partial charge < -0.3 is 10.1 Å². The van der Waals surface area contributed by atoms with Crippen LogP contribution in [0.3, 0.4) is 0 Å². The Kier molecular flexibility index (Phi) is 6.20. The molecule has 0 saturated carbocycles. The second-order valence-corrected chi connectivity index (χ2v) is 7.82. The van der Waals surface area contributed by atoms with Crippen LogP contribution in [0, 0.1) is 6.92 Å². The van der Waals surface area contributed by atoms with Crippen LogP contribution in [-0.2, 0) is 16.0 Å². The number of benzene rings is 1. The number of nitrogens with zero attached hydrogens (tertiary/aromatic N) is 2. The molecule has 0 spiro atoms. The van der Waals surface area contributed by atoms with Crippen LogP contribution in [0.4, 0.5) is 5.13 Å². The highest BCUT2D eigenvalue weighted by Crippen LogP contribution is 2.26. The van der Waals surface area contributed by atoms with Crippen LogP contribution >= 0.6 is 34.3 Å². The number of carbonyl (C=O) groups excluding carboxylic acids is 2. The number of aryl methyl sites for hydroxylation is 1. The topological polar surface area (TPSA) is 81.2 Å². The van der Waals surface area contributed by atoms with Crippen LogP contribution in [0.2, 0.25) is 5.02 Å². The SMILES string of the molecule is CCOC(=O)c1sc(NC(=O)Cc2csc(-c3ccc(Cl)cc3)n2)nc1C. The maximum absolute atomic E-state index is 12.3. The highest BCUT2D eigenvalue weighted by atomic mass is 35.5. The van der Waals surface area contributed by atoms with E-state index in [2.05, 4.69) is 15.3 Å². The molecule has 0 saturated heterocycles. The van der Waals surface area contributed by atoms with E-state index < -0.39 is 5.97 Å². The summed E-state index contributed by atoms with van der Waals surface area (Å²) >= 11 is 8.46. The van der Waals surface area contributed by atoms with Crippen molar-refractivity contribution < 1.29 is 14.3 Å². The lowest BCUT2D eigenvalue weighted by atomic mass is 10.2. The maximum Gasteiger partial charge on any atom is 0.350 e. The van der Waals surface area contributed by atoms with Crippen LogP contribution in [0.25, 0.3) is 10.6 Å². The van der Waals surface area contributed by atoms with Crippen LogP contribution in [-0.4, -0.2) is 28.5 Å². The molecule has 1 amide bonds. The van der Waals surface area contributed by atoms with Crippen molar-refractivity contribution >= 4 is 51.3 Å². The van der Waals surface area contributed by atoms with E-state index in [4.69, 9.17) is 16.3 Å². The van der Waals surface area contributed by atoms with E-state index in [0.717, 1.165) is 21.9 Å². The Morgan fingerprint density at radius 3 is 2.67 bits per heavy atom. The molecule has 0 unspecified atom stereocenters. The van der Waals surface area contributed by atoms with E-state index in [1.54, 1.807) is 26.0 Å². The second-order valence-electron chi connectivity index (χ2n) is 5.53. The fourth-order valence-corrected chi connectivity index (χ4v) is 4.11. The summed E-state index contributed by atoms with van der Waals surface area (Å²) in [6, 6.07) is 7.38. The molecule has 0 aliphatic rings. The number of esters is 1. The van der Waals surface area contributed by atoms with Gasteiger partial charge in [0.25, 0.3) is 0 Å². The normalized spacial score (nSPS) is 10.6. The van der Waals surface area contributed by atoms with Gasteiger partial charge in [-0.25, -0.2) is 14.8 Å². The Hall–Kier alpha value is -2.29. The summed E-state index contributed by atoms with van der Waals surface area (Å²) in [6.45, 7) is 3.73. The summed E-state index contributed by atoms with van der Waals surface area (Å²) in [5, 5.41) is 6.42. The minimum atomic E-state index is -0.430. The summed E-state index contributed by atoms with van der Waals surface area (Å²) in [7, 11) is 0. The molecular formula is C18H16ClN3O3S2. The maximum atomic E-state index is 12.3. The molecule has 1 N–H and O–H groups in total. The molecule has 140 valence electrons. The minimum Gasteiger partial charge on any atom is -0.462 e. The molecule has 6 nitrogen and oxygen atoms in total. The highest BCUT2D eigenvalue weighted by molar-refractivity contribution is 7.17. The lowest BCUT2D eigenvalue weighted by Crippen LogP contribution is -2.14. The van der Waals surface area contributed by atoms with E-state index in [1.807, 2.05) is 17.5 Å². The number of rotatable bonds is 6. The molecule has 2 aromatic heterocycles. The molecule has 0 bridgehead atoms. The summed E-state index contributed by atoms with van der Waals surface area (Å²) in [6.07, 6.45) is 0.122. The molecule has 0 aliphatic carbocycles. The molecule has 3 rings (SSSR count). The third-order valence-corrected chi connectivity index (χ3v) is 5.73. The third kappa shape index (κ3) is 4.91. The number of halogens is 1. The fraction of sp³-hybridized carbons (Fsp3) is 0.222. The number of amides is 1. The Bertz CT molecular complexity index is 967. The summed E-state index contributed by atoms with van der Waals surface area (Å²) in [5.41, 5.74) is 2.15. The van der Waals surface area contributed by atoms with Crippen molar-refractivity contribution in [2.24, 2.45) is 0 Å². The zero-order valence-electron chi connectivity index (χ0n) is 14.6. The molecular weight excluding hydrogens is 406 g/mol. The predicted molar refractivity (Wildman–Crippen MR) is 108 cm³/mol. The van der Waals surface area contributed by atoms with Gasteiger partial charge in [-0.2, -0.15) is 0 Å². The first-order valence-electron chi connectivity index (χ1n) is 8.11. The minimum absolute atomic E-state index is 0.122. The van der Waals surface area contributed by atoms with E-state index in [1.165, 1.54) is 11.3 Å². The first-order chi connectivity index (χ1) is 13.0. The average molecular weight is 422 g/mol. The number of hydrogen-bond acceptors (Lipinski definition) is 7. The van der Waals surface area contributed by atoms with Crippen LogP contribution < -0.4 is 5.32 Å². The van der Waals surface area contributed by atoms with Gasteiger partial charge >= 0.3 is 5.97 Å². The van der Waals surface area contributed by atoms with Crippen molar-refractivity contribution in [1.29, 1.82) is 0 Å². The molecule has 2 heterocycles. The number of carbonyl (C=O) groups is 2. The van der Waals surface area contributed by atoms with Gasteiger partial charge in [-0.3, -0.25) is 4.79 Å². The average Bonchev–Trinajstić information content (AvgIpc) is 3.22. The Labute approximate surface area is 169 Å². The van der Waals surface area contributed by atoms with E-state index >= 15 is 0 Å². The number of aromatic nitrogens is 2. The van der Waals surface area contributed by atoms with E-state index in [0.29, 0.717) is 26.4 Å². The van der Waals surface area contributed by atoms with Gasteiger partial charge in [-0.15, -0.1) is 11.3 Å². The molecule has 1 aromatic carbocycles.